The SMILES string of the molecule is Cc1c(B2OC(C)(C)C(C)(C)O2)cccc1-c1nc2cc(CN3CCC(C(=O)OC(C)(C)C)CC3)cc(C#N)c2o1. The van der Waals surface area contributed by atoms with E-state index in [0.717, 1.165) is 48.1 Å². The summed E-state index contributed by atoms with van der Waals surface area (Å²) in [7, 11) is -0.495. The van der Waals surface area contributed by atoms with Crippen molar-refractivity contribution in [2.45, 2.75) is 91.6 Å². The summed E-state index contributed by atoms with van der Waals surface area (Å²) in [4.78, 5) is 19.6. The molecule has 0 bridgehead atoms. The van der Waals surface area contributed by atoms with Gasteiger partial charge in [-0.3, -0.25) is 9.69 Å². The van der Waals surface area contributed by atoms with E-state index >= 15 is 0 Å². The monoisotopic (exact) mass is 557 g/mol. The van der Waals surface area contributed by atoms with E-state index in [2.05, 4.69) is 11.0 Å². The number of oxazole rings is 1. The lowest BCUT2D eigenvalue weighted by Crippen LogP contribution is -2.41. The smallest absolute Gasteiger partial charge is 0.460 e. The fraction of sp³-hybridized carbons (Fsp3) is 0.531. The average molecular weight is 558 g/mol. The van der Waals surface area contributed by atoms with E-state index < -0.39 is 23.9 Å². The van der Waals surface area contributed by atoms with Crippen LogP contribution in [0.3, 0.4) is 0 Å². The molecule has 0 atom stereocenters. The van der Waals surface area contributed by atoms with Gasteiger partial charge in [-0.15, -0.1) is 0 Å². The molecule has 0 spiro atoms. The van der Waals surface area contributed by atoms with E-state index in [1.807, 2.05) is 85.7 Å². The molecule has 0 N–H and O–H groups in total. The largest absolute Gasteiger partial charge is 0.495 e. The van der Waals surface area contributed by atoms with Crippen LogP contribution in [-0.2, 0) is 25.4 Å². The van der Waals surface area contributed by atoms with Gasteiger partial charge in [-0.1, -0.05) is 12.1 Å². The Hall–Kier alpha value is -3.19. The molecule has 0 unspecified atom stereocenters. The van der Waals surface area contributed by atoms with E-state index in [1.54, 1.807) is 0 Å². The van der Waals surface area contributed by atoms with Crippen LogP contribution in [0.5, 0.6) is 0 Å². The van der Waals surface area contributed by atoms with Crippen LogP contribution in [0.25, 0.3) is 22.6 Å². The van der Waals surface area contributed by atoms with Gasteiger partial charge in [0.15, 0.2) is 5.58 Å². The summed E-state index contributed by atoms with van der Waals surface area (Å²) >= 11 is 0. The quantitative estimate of drug-likeness (QED) is 0.299. The minimum absolute atomic E-state index is 0.0723. The Morgan fingerprint density at radius 3 is 2.41 bits per heavy atom. The van der Waals surface area contributed by atoms with Gasteiger partial charge in [0.25, 0.3) is 0 Å². The Morgan fingerprint density at radius 2 is 1.80 bits per heavy atom. The van der Waals surface area contributed by atoms with Crippen LogP contribution in [0.1, 0.15) is 78.0 Å². The van der Waals surface area contributed by atoms with E-state index in [4.69, 9.17) is 23.4 Å². The van der Waals surface area contributed by atoms with Gasteiger partial charge in [-0.05, 0) is 116 Å². The zero-order chi connectivity index (χ0) is 29.7. The molecule has 0 amide bonds. The van der Waals surface area contributed by atoms with Crippen molar-refractivity contribution in [3.63, 3.8) is 0 Å². The second kappa shape index (κ2) is 10.6. The number of carbonyl (C=O) groups excluding carboxylic acids is 1. The predicted octanol–water partition coefficient (Wildman–Crippen LogP) is 5.53. The molecule has 2 aliphatic heterocycles. The molecule has 2 aliphatic rings. The van der Waals surface area contributed by atoms with Crippen LogP contribution in [0.4, 0.5) is 0 Å². The first-order chi connectivity index (χ1) is 19.2. The van der Waals surface area contributed by atoms with Crippen molar-refractivity contribution in [1.29, 1.82) is 5.26 Å². The predicted molar refractivity (Wildman–Crippen MR) is 158 cm³/mol. The molecule has 8 nitrogen and oxygen atoms in total. The molecule has 41 heavy (non-hydrogen) atoms. The number of esters is 1. The number of rotatable bonds is 5. The van der Waals surface area contributed by atoms with Crippen LogP contribution in [0, 0.1) is 24.2 Å². The Morgan fingerprint density at radius 1 is 1.15 bits per heavy atom. The third-order valence-electron chi connectivity index (χ3n) is 8.52. The normalized spacial score (nSPS) is 19.4. The molecule has 0 aliphatic carbocycles. The number of hydrogen-bond acceptors (Lipinski definition) is 8. The molecule has 2 fully saturated rings. The van der Waals surface area contributed by atoms with E-state index in [1.165, 1.54) is 0 Å². The summed E-state index contributed by atoms with van der Waals surface area (Å²) in [6, 6.07) is 12.1. The summed E-state index contributed by atoms with van der Waals surface area (Å²) < 4.78 is 24.4. The minimum Gasteiger partial charge on any atom is -0.460 e. The van der Waals surface area contributed by atoms with Gasteiger partial charge in [-0.2, -0.15) is 5.26 Å². The van der Waals surface area contributed by atoms with Crippen LogP contribution < -0.4 is 5.46 Å². The molecule has 0 radical (unpaired) electrons. The highest BCUT2D eigenvalue weighted by Gasteiger charge is 2.52. The molecule has 2 saturated heterocycles. The molecule has 5 rings (SSSR count). The molecule has 1 aromatic heterocycles. The number of aromatic nitrogens is 1. The molecule has 3 heterocycles. The van der Waals surface area contributed by atoms with E-state index in [-0.39, 0.29) is 11.9 Å². The third-order valence-corrected chi connectivity index (χ3v) is 8.52. The molecule has 3 aromatic rings. The van der Waals surface area contributed by atoms with Crippen molar-refractivity contribution in [3.8, 4) is 17.5 Å². The average Bonchev–Trinajstić information content (AvgIpc) is 3.39. The Labute approximate surface area is 243 Å². The maximum atomic E-state index is 12.5. The number of benzene rings is 2. The van der Waals surface area contributed by atoms with Gasteiger partial charge in [0, 0.05) is 12.1 Å². The summed E-state index contributed by atoms with van der Waals surface area (Å²) in [5.74, 6) is 0.276. The number of piperidine rings is 1. The van der Waals surface area contributed by atoms with E-state index in [0.29, 0.717) is 29.1 Å². The fourth-order valence-corrected chi connectivity index (χ4v) is 5.46. The standard InChI is InChI=1S/C32H40BN3O5/c1-20-24(10-9-11-25(20)33-40-31(5,6)32(7,8)41-33)28-35-26-17-21(16-23(18-34)27(26)38-28)19-36-14-12-22(13-15-36)29(37)39-30(2,3)4/h9-11,16-17,22H,12-15,19H2,1-8H3. The molecule has 0 saturated carbocycles. The van der Waals surface area contributed by atoms with Crippen molar-refractivity contribution in [3.05, 3.63) is 47.0 Å². The zero-order valence-electron chi connectivity index (χ0n) is 25.5. The number of nitriles is 1. The van der Waals surface area contributed by atoms with Gasteiger partial charge < -0.3 is 18.5 Å². The number of likely N-dealkylation sites (tertiary alicyclic amines) is 1. The lowest BCUT2D eigenvalue weighted by molar-refractivity contribution is -0.161. The second-order valence-corrected chi connectivity index (χ2v) is 13.3. The van der Waals surface area contributed by atoms with Crippen LogP contribution in [0.15, 0.2) is 34.7 Å². The number of fused-ring (bicyclic) bond motifs is 1. The van der Waals surface area contributed by atoms with Crippen molar-refractivity contribution in [2.75, 3.05) is 13.1 Å². The molecule has 2 aromatic carbocycles. The maximum Gasteiger partial charge on any atom is 0.495 e. The van der Waals surface area contributed by atoms with Crippen molar-refractivity contribution >= 4 is 29.7 Å². The molecule has 216 valence electrons. The lowest BCUT2D eigenvalue weighted by Gasteiger charge is -2.32. The molecular weight excluding hydrogens is 517 g/mol. The topological polar surface area (TPSA) is 97.8 Å². The van der Waals surface area contributed by atoms with E-state index in [9.17, 15) is 10.1 Å². The highest BCUT2D eigenvalue weighted by molar-refractivity contribution is 6.62. The number of carbonyl (C=O) groups is 1. The van der Waals surface area contributed by atoms with Gasteiger partial charge in [-0.25, -0.2) is 4.98 Å². The number of ether oxygens (including phenoxy) is 1. The maximum absolute atomic E-state index is 12.5. The van der Waals surface area contributed by atoms with Crippen molar-refractivity contribution in [2.24, 2.45) is 5.92 Å². The van der Waals surface area contributed by atoms with Gasteiger partial charge >= 0.3 is 13.1 Å². The van der Waals surface area contributed by atoms with Gasteiger partial charge in [0.1, 0.15) is 17.2 Å². The number of nitrogens with zero attached hydrogens (tertiary/aromatic N) is 3. The second-order valence-electron chi connectivity index (χ2n) is 13.3. The summed E-state index contributed by atoms with van der Waals surface area (Å²) in [5.41, 5.74) is 3.95. The highest BCUT2D eigenvalue weighted by Crippen LogP contribution is 2.37. The Balaban J connectivity index is 1.35. The Kier molecular flexibility index (Phi) is 7.56. The molecule has 9 heteroatoms. The first kappa shape index (κ1) is 29.3. The first-order valence-electron chi connectivity index (χ1n) is 14.4. The van der Waals surface area contributed by atoms with Crippen molar-refractivity contribution < 1.29 is 23.3 Å². The van der Waals surface area contributed by atoms with Crippen molar-refractivity contribution in [1.82, 2.24) is 9.88 Å². The summed E-state index contributed by atoms with van der Waals surface area (Å²) in [6.45, 7) is 18.1. The summed E-state index contributed by atoms with van der Waals surface area (Å²) in [6.07, 6.45) is 1.52. The minimum atomic E-state index is -0.495. The first-order valence-corrected chi connectivity index (χ1v) is 14.4. The number of hydrogen-bond donors (Lipinski definition) is 0. The van der Waals surface area contributed by atoms with Crippen LogP contribution in [0.2, 0.25) is 0 Å². The fourth-order valence-electron chi connectivity index (χ4n) is 5.46. The van der Waals surface area contributed by atoms with Gasteiger partial charge in [0.05, 0.1) is 22.7 Å². The molecular formula is C32H40BN3O5. The lowest BCUT2D eigenvalue weighted by atomic mass is 9.75. The third kappa shape index (κ3) is 5.92. The van der Waals surface area contributed by atoms with Crippen LogP contribution >= 0.6 is 0 Å². The highest BCUT2D eigenvalue weighted by atomic mass is 16.7. The van der Waals surface area contributed by atoms with Gasteiger partial charge in [0.2, 0.25) is 5.89 Å². The zero-order valence-corrected chi connectivity index (χ0v) is 25.5. The Bertz CT molecular complexity index is 1490. The summed E-state index contributed by atoms with van der Waals surface area (Å²) in [5, 5.41) is 9.94. The van der Waals surface area contributed by atoms with Crippen LogP contribution in [-0.4, -0.2) is 52.9 Å².